The molecule has 8 heteroatoms. The first-order chi connectivity index (χ1) is 9.29. The minimum absolute atomic E-state index is 0.0391. The zero-order valence-corrected chi connectivity index (χ0v) is 12.0. The minimum atomic E-state index is -3.84. The third-order valence-corrected chi connectivity index (χ3v) is 3.85. The molecular weight excluding hydrogens is 304 g/mol. The third kappa shape index (κ3) is 3.01. The number of anilines is 1. The first kappa shape index (κ1) is 14.6. The summed E-state index contributed by atoms with van der Waals surface area (Å²) in [7, 11) is -3.84. The minimum Gasteiger partial charge on any atom is -0.452 e. The maximum absolute atomic E-state index is 12.0. The van der Waals surface area contributed by atoms with Gasteiger partial charge in [-0.3, -0.25) is 4.79 Å². The normalized spacial score (nSPS) is 11.3. The van der Waals surface area contributed by atoms with Crippen LogP contribution >= 0.6 is 11.6 Å². The maximum Gasteiger partial charge on any atom is 0.260 e. The summed E-state index contributed by atoms with van der Waals surface area (Å²) in [5.41, 5.74) is 1.18. The second-order valence-electron chi connectivity index (χ2n) is 4.08. The molecule has 6 nitrogen and oxygen atoms in total. The number of aryl methyl sites for hydroxylation is 1. The molecule has 20 heavy (non-hydrogen) atoms. The summed E-state index contributed by atoms with van der Waals surface area (Å²) in [4.78, 5) is 11.9. The number of nitrogens with two attached hydrogens (primary N) is 1. The zero-order chi connectivity index (χ0) is 14.9. The summed E-state index contributed by atoms with van der Waals surface area (Å²) in [6.45, 7) is 1.72. The molecule has 2 rings (SSSR count). The molecule has 0 saturated carbocycles. The van der Waals surface area contributed by atoms with Gasteiger partial charge in [0.2, 0.25) is 15.2 Å². The van der Waals surface area contributed by atoms with E-state index >= 15 is 0 Å². The van der Waals surface area contributed by atoms with Gasteiger partial charge < -0.3 is 9.73 Å². The molecule has 0 saturated heterocycles. The van der Waals surface area contributed by atoms with E-state index in [1.165, 1.54) is 24.5 Å². The van der Waals surface area contributed by atoms with Crippen LogP contribution in [0.4, 0.5) is 5.69 Å². The Morgan fingerprint density at radius 3 is 2.60 bits per heavy atom. The number of furan rings is 1. The molecule has 0 unspecified atom stereocenters. The summed E-state index contributed by atoms with van der Waals surface area (Å²) in [6.07, 6.45) is 1.28. The molecule has 0 spiro atoms. The molecule has 2 aromatic rings. The van der Waals surface area contributed by atoms with Crippen molar-refractivity contribution < 1.29 is 17.6 Å². The van der Waals surface area contributed by atoms with Crippen molar-refractivity contribution in [1.82, 2.24) is 0 Å². The van der Waals surface area contributed by atoms with Crippen molar-refractivity contribution in [2.45, 2.75) is 11.8 Å². The number of carbonyl (C=O) groups excluding carboxylic acids is 1. The van der Waals surface area contributed by atoms with Crippen molar-refractivity contribution in [2.75, 3.05) is 5.32 Å². The van der Waals surface area contributed by atoms with Crippen molar-refractivity contribution in [2.24, 2.45) is 5.14 Å². The Bertz CT molecular complexity index is 768. The zero-order valence-electron chi connectivity index (χ0n) is 10.4. The molecule has 0 aliphatic rings. The molecule has 0 bridgehead atoms. The van der Waals surface area contributed by atoms with Gasteiger partial charge in [0.05, 0.1) is 16.7 Å². The molecule has 0 aliphatic carbocycles. The number of amides is 1. The lowest BCUT2D eigenvalue weighted by Crippen LogP contribution is -2.15. The number of hydrogen-bond acceptors (Lipinski definition) is 4. The van der Waals surface area contributed by atoms with E-state index in [0.29, 0.717) is 11.3 Å². The van der Waals surface area contributed by atoms with Crippen molar-refractivity contribution >= 4 is 33.2 Å². The van der Waals surface area contributed by atoms with Gasteiger partial charge in [-0.05, 0) is 42.3 Å². The number of carbonyl (C=O) groups is 1. The van der Waals surface area contributed by atoms with Gasteiger partial charge in [-0.25, -0.2) is 13.6 Å². The van der Waals surface area contributed by atoms with Crippen LogP contribution in [-0.4, -0.2) is 14.3 Å². The molecular formula is C12H11ClN2O4S. The monoisotopic (exact) mass is 314 g/mol. The average Bonchev–Trinajstić information content (AvgIpc) is 2.77. The molecule has 0 aliphatic heterocycles. The van der Waals surface area contributed by atoms with Gasteiger partial charge in [-0.2, -0.15) is 0 Å². The van der Waals surface area contributed by atoms with Crippen LogP contribution in [0.15, 0.2) is 39.8 Å². The van der Waals surface area contributed by atoms with Crippen LogP contribution in [0.25, 0.3) is 0 Å². The molecule has 0 fully saturated rings. The Kier molecular flexibility index (Phi) is 3.85. The Labute approximate surface area is 120 Å². The van der Waals surface area contributed by atoms with E-state index in [4.69, 9.17) is 21.2 Å². The van der Waals surface area contributed by atoms with E-state index in [9.17, 15) is 13.2 Å². The quantitative estimate of drug-likeness (QED) is 0.905. The lowest BCUT2D eigenvalue weighted by molar-refractivity contribution is 0.102. The van der Waals surface area contributed by atoms with Crippen LogP contribution in [0.2, 0.25) is 5.22 Å². The summed E-state index contributed by atoms with van der Waals surface area (Å²) in [5, 5.41) is 7.57. The van der Waals surface area contributed by atoms with E-state index in [2.05, 4.69) is 5.32 Å². The van der Waals surface area contributed by atoms with E-state index in [0.717, 1.165) is 0 Å². The second-order valence-corrected chi connectivity index (χ2v) is 5.99. The van der Waals surface area contributed by atoms with E-state index < -0.39 is 15.9 Å². The highest BCUT2D eigenvalue weighted by molar-refractivity contribution is 7.89. The number of primary sulfonamides is 1. The number of hydrogen-bond donors (Lipinski definition) is 2. The van der Waals surface area contributed by atoms with Crippen LogP contribution in [0.1, 0.15) is 15.9 Å². The highest BCUT2D eigenvalue weighted by Gasteiger charge is 2.16. The van der Waals surface area contributed by atoms with Gasteiger partial charge in [0.1, 0.15) is 0 Å². The van der Waals surface area contributed by atoms with E-state index in [1.807, 2.05) is 0 Å². The van der Waals surface area contributed by atoms with Gasteiger partial charge in [0, 0.05) is 5.69 Å². The summed E-state index contributed by atoms with van der Waals surface area (Å²) < 4.78 is 27.4. The predicted octanol–water partition coefficient (Wildman–Crippen LogP) is 2.14. The summed E-state index contributed by atoms with van der Waals surface area (Å²) in [6, 6.07) is 5.62. The highest BCUT2D eigenvalue weighted by atomic mass is 35.5. The highest BCUT2D eigenvalue weighted by Crippen LogP contribution is 2.22. The van der Waals surface area contributed by atoms with Gasteiger partial charge in [0.25, 0.3) is 5.91 Å². The summed E-state index contributed by atoms with van der Waals surface area (Å²) in [5.74, 6) is -0.501. The number of halogens is 1. The van der Waals surface area contributed by atoms with Crippen molar-refractivity contribution in [3.05, 3.63) is 46.9 Å². The van der Waals surface area contributed by atoms with Crippen LogP contribution in [-0.2, 0) is 10.0 Å². The van der Waals surface area contributed by atoms with E-state index in [-0.39, 0.29) is 15.7 Å². The first-order valence-electron chi connectivity index (χ1n) is 5.47. The van der Waals surface area contributed by atoms with Crippen LogP contribution in [0.3, 0.4) is 0 Å². The molecule has 0 radical (unpaired) electrons. The number of rotatable bonds is 3. The molecule has 3 N–H and O–H groups in total. The molecule has 106 valence electrons. The van der Waals surface area contributed by atoms with Crippen molar-refractivity contribution in [1.29, 1.82) is 0 Å². The SMILES string of the molecule is Cc1ccc(S(N)(=O)=O)cc1NC(=O)c1ccoc1Cl. The van der Waals surface area contributed by atoms with Crippen molar-refractivity contribution in [3.8, 4) is 0 Å². The number of sulfonamides is 1. The summed E-state index contributed by atoms with van der Waals surface area (Å²) >= 11 is 5.70. The van der Waals surface area contributed by atoms with Gasteiger partial charge in [0.15, 0.2) is 0 Å². The smallest absolute Gasteiger partial charge is 0.260 e. The van der Waals surface area contributed by atoms with E-state index in [1.54, 1.807) is 13.0 Å². The largest absolute Gasteiger partial charge is 0.452 e. The number of benzene rings is 1. The lowest BCUT2D eigenvalue weighted by Gasteiger charge is -2.09. The van der Waals surface area contributed by atoms with Crippen LogP contribution in [0, 0.1) is 6.92 Å². The third-order valence-electron chi connectivity index (χ3n) is 2.65. The molecule has 0 atom stereocenters. The molecule has 1 aromatic heterocycles. The van der Waals surface area contributed by atoms with Crippen LogP contribution < -0.4 is 10.5 Å². The Hall–Kier alpha value is -1.83. The van der Waals surface area contributed by atoms with Gasteiger partial charge in [-0.15, -0.1) is 0 Å². The topological polar surface area (TPSA) is 102 Å². The fourth-order valence-electron chi connectivity index (χ4n) is 1.56. The standard InChI is InChI=1S/C12H11ClN2O4S/c1-7-2-3-8(20(14,17)18)6-10(7)15-12(16)9-4-5-19-11(9)13/h2-6H,1H3,(H,15,16)(H2,14,17,18). The van der Waals surface area contributed by atoms with Crippen molar-refractivity contribution in [3.63, 3.8) is 0 Å². The fraction of sp³-hybridized carbons (Fsp3) is 0.0833. The number of nitrogens with one attached hydrogen (secondary N) is 1. The Balaban J connectivity index is 2.34. The molecule has 1 heterocycles. The lowest BCUT2D eigenvalue weighted by atomic mass is 10.2. The average molecular weight is 315 g/mol. The first-order valence-corrected chi connectivity index (χ1v) is 7.39. The van der Waals surface area contributed by atoms with Crippen LogP contribution in [0.5, 0.6) is 0 Å². The Morgan fingerprint density at radius 2 is 2.05 bits per heavy atom. The predicted molar refractivity (Wildman–Crippen MR) is 74.2 cm³/mol. The molecule has 1 amide bonds. The maximum atomic E-state index is 12.0. The molecule has 1 aromatic carbocycles. The van der Waals surface area contributed by atoms with Gasteiger partial charge >= 0.3 is 0 Å². The fourth-order valence-corrected chi connectivity index (χ4v) is 2.30. The van der Waals surface area contributed by atoms with Gasteiger partial charge in [-0.1, -0.05) is 6.07 Å². The Morgan fingerprint density at radius 1 is 1.35 bits per heavy atom. The second kappa shape index (κ2) is 5.28.